The van der Waals surface area contributed by atoms with Crippen molar-refractivity contribution < 1.29 is 17.9 Å². The molecule has 1 aromatic carbocycles. The number of pyridine rings is 1. The van der Waals surface area contributed by atoms with E-state index in [0.29, 0.717) is 5.69 Å². The summed E-state index contributed by atoms with van der Waals surface area (Å²) >= 11 is 0. The number of hydrogen-bond donors (Lipinski definition) is 0. The molecule has 0 aliphatic heterocycles. The van der Waals surface area contributed by atoms with Crippen LogP contribution in [-0.4, -0.2) is 20.7 Å². The molecule has 0 spiro atoms. The number of hydrogen-bond acceptors (Lipinski definition) is 3. The van der Waals surface area contributed by atoms with E-state index in [1.165, 1.54) is 22.8 Å². The van der Waals surface area contributed by atoms with E-state index in [2.05, 4.69) is 9.84 Å². The first-order chi connectivity index (χ1) is 11.3. The van der Waals surface area contributed by atoms with Crippen LogP contribution in [0.25, 0.3) is 16.8 Å². The van der Waals surface area contributed by atoms with Crippen LogP contribution in [0.5, 0.6) is 5.75 Å². The van der Waals surface area contributed by atoms with Crippen LogP contribution in [0.1, 0.15) is 0 Å². The third kappa shape index (κ3) is 3.48. The Kier molecular flexibility index (Phi) is 3.88. The Hall–Kier alpha value is -3.03. The number of ether oxygens (including phenoxy) is 1. The molecule has 0 N–H and O–H groups in total. The predicted octanol–water partition coefficient (Wildman–Crippen LogP) is 3.14. The highest BCUT2D eigenvalue weighted by molar-refractivity contribution is 5.61. The van der Waals surface area contributed by atoms with E-state index in [1.807, 2.05) is 0 Å². The van der Waals surface area contributed by atoms with Gasteiger partial charge >= 0.3 is 6.36 Å². The summed E-state index contributed by atoms with van der Waals surface area (Å²) in [5.41, 5.74) is 1.72. The van der Waals surface area contributed by atoms with Gasteiger partial charge in [-0.25, -0.2) is 0 Å². The third-order valence-electron chi connectivity index (χ3n) is 3.30. The molecular weight excluding hydrogens is 323 g/mol. The molecule has 0 bridgehead atoms. The van der Waals surface area contributed by atoms with Gasteiger partial charge in [0.25, 0.3) is 5.56 Å². The Morgan fingerprint density at radius 3 is 2.29 bits per heavy atom. The molecule has 0 saturated carbocycles. The largest absolute Gasteiger partial charge is 0.573 e. The van der Waals surface area contributed by atoms with Gasteiger partial charge in [-0.15, -0.1) is 13.2 Å². The van der Waals surface area contributed by atoms with Gasteiger partial charge in [-0.05, 0) is 30.3 Å². The van der Waals surface area contributed by atoms with Crippen molar-refractivity contribution in [2.75, 3.05) is 0 Å². The quantitative estimate of drug-likeness (QED) is 0.739. The van der Waals surface area contributed by atoms with Gasteiger partial charge in [-0.3, -0.25) is 14.0 Å². The van der Waals surface area contributed by atoms with Crippen molar-refractivity contribution >= 4 is 0 Å². The van der Waals surface area contributed by atoms with Crippen LogP contribution in [0.4, 0.5) is 13.2 Å². The first-order valence-electron chi connectivity index (χ1n) is 6.90. The number of halogens is 3. The van der Waals surface area contributed by atoms with Crippen molar-refractivity contribution in [1.82, 2.24) is 14.3 Å². The second-order valence-electron chi connectivity index (χ2n) is 5.07. The van der Waals surface area contributed by atoms with Crippen LogP contribution >= 0.6 is 0 Å². The Bertz CT molecular complexity index is 911. The first kappa shape index (κ1) is 15.9. The molecule has 0 unspecified atom stereocenters. The van der Waals surface area contributed by atoms with Crippen molar-refractivity contribution in [3.63, 3.8) is 0 Å². The SMILES string of the molecule is Cn1cc(-c2ccc(=O)n(-c3ccc(OC(F)(F)F)cc3)c2)cn1. The summed E-state index contributed by atoms with van der Waals surface area (Å²) in [6.07, 6.45) is 0.312. The molecule has 0 aliphatic rings. The minimum Gasteiger partial charge on any atom is -0.406 e. The average Bonchev–Trinajstić information content (AvgIpc) is 2.94. The van der Waals surface area contributed by atoms with Gasteiger partial charge in [0, 0.05) is 42.3 Å². The minimum atomic E-state index is -4.75. The summed E-state index contributed by atoms with van der Waals surface area (Å²) in [6, 6.07) is 8.14. The third-order valence-corrected chi connectivity index (χ3v) is 3.30. The Labute approximate surface area is 134 Å². The number of nitrogens with zero attached hydrogens (tertiary/aromatic N) is 3. The van der Waals surface area contributed by atoms with Crippen molar-refractivity contribution in [3.8, 4) is 22.6 Å². The summed E-state index contributed by atoms with van der Waals surface area (Å²) in [6.45, 7) is 0. The number of aromatic nitrogens is 3. The number of rotatable bonds is 3. The van der Waals surface area contributed by atoms with Gasteiger partial charge in [-0.2, -0.15) is 5.10 Å². The molecule has 3 rings (SSSR count). The second kappa shape index (κ2) is 5.88. The molecule has 24 heavy (non-hydrogen) atoms. The van der Waals surface area contributed by atoms with E-state index in [4.69, 9.17) is 0 Å². The number of alkyl halides is 3. The Morgan fingerprint density at radius 2 is 1.71 bits per heavy atom. The lowest BCUT2D eigenvalue weighted by atomic mass is 10.1. The van der Waals surface area contributed by atoms with Gasteiger partial charge in [0.2, 0.25) is 0 Å². The van der Waals surface area contributed by atoms with E-state index in [-0.39, 0.29) is 11.3 Å². The molecule has 3 aromatic rings. The summed E-state index contributed by atoms with van der Waals surface area (Å²) < 4.78 is 43.4. The number of benzene rings is 1. The van der Waals surface area contributed by atoms with Crippen LogP contribution < -0.4 is 10.3 Å². The summed E-state index contributed by atoms with van der Waals surface area (Å²) in [5, 5.41) is 4.07. The molecule has 0 fully saturated rings. The van der Waals surface area contributed by atoms with Crippen LogP contribution in [0.15, 0.2) is 59.8 Å². The normalized spacial score (nSPS) is 11.5. The average molecular weight is 335 g/mol. The monoisotopic (exact) mass is 335 g/mol. The van der Waals surface area contributed by atoms with Gasteiger partial charge in [-0.1, -0.05) is 0 Å². The second-order valence-corrected chi connectivity index (χ2v) is 5.07. The van der Waals surface area contributed by atoms with Gasteiger partial charge < -0.3 is 4.74 Å². The minimum absolute atomic E-state index is 0.299. The highest BCUT2D eigenvalue weighted by Crippen LogP contribution is 2.24. The zero-order chi connectivity index (χ0) is 17.3. The van der Waals surface area contributed by atoms with Crippen molar-refractivity contribution in [3.05, 3.63) is 65.3 Å². The zero-order valence-corrected chi connectivity index (χ0v) is 12.5. The van der Waals surface area contributed by atoms with Gasteiger partial charge in [0.1, 0.15) is 5.75 Å². The molecule has 124 valence electrons. The zero-order valence-electron chi connectivity index (χ0n) is 12.5. The smallest absolute Gasteiger partial charge is 0.406 e. The fourth-order valence-electron chi connectivity index (χ4n) is 2.24. The van der Waals surface area contributed by atoms with Gasteiger partial charge in [0.15, 0.2) is 0 Å². The highest BCUT2D eigenvalue weighted by Gasteiger charge is 2.30. The summed E-state index contributed by atoms with van der Waals surface area (Å²) in [5.74, 6) is -0.345. The Balaban J connectivity index is 1.95. The fourth-order valence-corrected chi connectivity index (χ4v) is 2.24. The fraction of sp³-hybridized carbons (Fsp3) is 0.125. The molecule has 0 saturated heterocycles. The van der Waals surface area contributed by atoms with Crippen LogP contribution in [0.2, 0.25) is 0 Å². The summed E-state index contributed by atoms with van der Waals surface area (Å²) in [4.78, 5) is 12.1. The van der Waals surface area contributed by atoms with Crippen molar-refractivity contribution in [1.29, 1.82) is 0 Å². The van der Waals surface area contributed by atoms with Crippen molar-refractivity contribution in [2.45, 2.75) is 6.36 Å². The highest BCUT2D eigenvalue weighted by atomic mass is 19.4. The van der Waals surface area contributed by atoms with E-state index >= 15 is 0 Å². The molecule has 0 atom stereocenters. The molecule has 0 amide bonds. The molecule has 0 aliphatic carbocycles. The first-order valence-corrected chi connectivity index (χ1v) is 6.90. The molecule has 5 nitrogen and oxygen atoms in total. The van der Waals surface area contributed by atoms with E-state index < -0.39 is 6.36 Å². The van der Waals surface area contributed by atoms with Crippen LogP contribution in [-0.2, 0) is 7.05 Å². The van der Waals surface area contributed by atoms with E-state index in [9.17, 15) is 18.0 Å². The molecule has 8 heteroatoms. The standard InChI is InChI=1S/C16H12F3N3O2/c1-21-9-12(8-20-21)11-2-7-15(23)22(10-11)13-3-5-14(6-4-13)24-16(17,18)19/h2-10H,1H3. The molecular formula is C16H12F3N3O2. The maximum atomic E-state index is 12.2. The molecule has 2 aromatic heterocycles. The maximum absolute atomic E-state index is 12.2. The predicted molar refractivity (Wildman–Crippen MR) is 80.9 cm³/mol. The van der Waals surface area contributed by atoms with Gasteiger partial charge in [0.05, 0.1) is 6.20 Å². The molecule has 0 radical (unpaired) electrons. The number of aryl methyl sites for hydroxylation is 1. The van der Waals surface area contributed by atoms with Crippen molar-refractivity contribution in [2.24, 2.45) is 7.05 Å². The van der Waals surface area contributed by atoms with E-state index in [1.54, 1.807) is 36.4 Å². The maximum Gasteiger partial charge on any atom is 0.573 e. The lowest BCUT2D eigenvalue weighted by Crippen LogP contribution is -2.18. The lowest BCUT2D eigenvalue weighted by molar-refractivity contribution is -0.274. The Morgan fingerprint density at radius 1 is 1.00 bits per heavy atom. The molecule has 2 heterocycles. The van der Waals surface area contributed by atoms with E-state index in [0.717, 1.165) is 23.3 Å². The summed E-state index contributed by atoms with van der Waals surface area (Å²) in [7, 11) is 1.78. The van der Waals surface area contributed by atoms with Crippen LogP contribution in [0.3, 0.4) is 0 Å². The van der Waals surface area contributed by atoms with Crippen LogP contribution in [0, 0.1) is 0 Å². The topological polar surface area (TPSA) is 49.0 Å². The lowest BCUT2D eigenvalue weighted by Gasteiger charge is -2.11.